The SMILES string of the molecule is Cn1cc(Br)cc1C(=O)NN1CCCCC1. The average molecular weight is 286 g/mol. The van der Waals surface area contributed by atoms with Gasteiger partial charge in [-0.2, -0.15) is 0 Å². The third kappa shape index (κ3) is 2.65. The Bertz CT molecular complexity index is 383. The zero-order valence-corrected chi connectivity index (χ0v) is 11.0. The molecule has 0 bridgehead atoms. The Labute approximate surface area is 104 Å². The van der Waals surface area contributed by atoms with Crippen LogP contribution in [0.1, 0.15) is 29.8 Å². The molecular weight excluding hydrogens is 270 g/mol. The predicted molar refractivity (Wildman–Crippen MR) is 66.0 cm³/mol. The van der Waals surface area contributed by atoms with Crippen LogP contribution >= 0.6 is 15.9 Å². The maximum absolute atomic E-state index is 12.0. The van der Waals surface area contributed by atoms with Gasteiger partial charge in [-0.3, -0.25) is 10.2 Å². The van der Waals surface area contributed by atoms with E-state index in [4.69, 9.17) is 0 Å². The van der Waals surface area contributed by atoms with Crippen LogP contribution in [0.25, 0.3) is 0 Å². The molecule has 0 aliphatic carbocycles. The molecule has 5 heteroatoms. The second kappa shape index (κ2) is 5.01. The van der Waals surface area contributed by atoms with Crippen LogP contribution in [-0.2, 0) is 7.05 Å². The first-order valence-electron chi connectivity index (χ1n) is 5.54. The van der Waals surface area contributed by atoms with Crippen LogP contribution in [-0.4, -0.2) is 28.6 Å². The molecule has 0 atom stereocenters. The standard InChI is InChI=1S/C11H16BrN3O/c1-14-8-9(12)7-10(14)11(16)13-15-5-3-2-4-6-15/h7-8H,2-6H2,1H3,(H,13,16). The third-order valence-electron chi connectivity index (χ3n) is 2.82. The first kappa shape index (κ1) is 11.7. The Morgan fingerprint density at radius 1 is 1.38 bits per heavy atom. The molecule has 0 saturated carbocycles. The Balaban J connectivity index is 1.99. The Hall–Kier alpha value is -0.810. The molecule has 1 amide bonds. The summed E-state index contributed by atoms with van der Waals surface area (Å²) >= 11 is 3.36. The van der Waals surface area contributed by atoms with Crippen molar-refractivity contribution in [2.75, 3.05) is 13.1 Å². The number of rotatable bonds is 2. The molecule has 2 rings (SSSR count). The van der Waals surface area contributed by atoms with E-state index in [1.807, 2.05) is 28.9 Å². The fourth-order valence-electron chi connectivity index (χ4n) is 1.96. The fraction of sp³-hybridized carbons (Fsp3) is 0.545. The van der Waals surface area contributed by atoms with Gasteiger partial charge in [0.25, 0.3) is 5.91 Å². The Kier molecular flexibility index (Phi) is 3.66. The highest BCUT2D eigenvalue weighted by molar-refractivity contribution is 9.10. The van der Waals surface area contributed by atoms with Gasteiger partial charge in [-0.25, -0.2) is 5.01 Å². The van der Waals surface area contributed by atoms with Gasteiger partial charge in [0.15, 0.2) is 0 Å². The van der Waals surface area contributed by atoms with Crippen molar-refractivity contribution in [3.05, 3.63) is 22.4 Å². The van der Waals surface area contributed by atoms with Gasteiger partial charge >= 0.3 is 0 Å². The van der Waals surface area contributed by atoms with Crippen molar-refractivity contribution in [3.63, 3.8) is 0 Å². The van der Waals surface area contributed by atoms with Crippen molar-refractivity contribution in [1.82, 2.24) is 15.0 Å². The minimum absolute atomic E-state index is 0.0323. The molecule has 1 saturated heterocycles. The van der Waals surface area contributed by atoms with Crippen LogP contribution in [0.5, 0.6) is 0 Å². The van der Waals surface area contributed by atoms with Crippen molar-refractivity contribution < 1.29 is 4.79 Å². The van der Waals surface area contributed by atoms with E-state index >= 15 is 0 Å². The van der Waals surface area contributed by atoms with E-state index in [2.05, 4.69) is 21.4 Å². The van der Waals surface area contributed by atoms with Crippen molar-refractivity contribution in [3.8, 4) is 0 Å². The minimum Gasteiger partial charge on any atom is -0.345 e. The monoisotopic (exact) mass is 285 g/mol. The highest BCUT2D eigenvalue weighted by atomic mass is 79.9. The van der Waals surface area contributed by atoms with Crippen LogP contribution in [0, 0.1) is 0 Å². The smallest absolute Gasteiger partial charge is 0.282 e. The summed E-state index contributed by atoms with van der Waals surface area (Å²) in [7, 11) is 1.87. The molecule has 1 aliphatic heterocycles. The van der Waals surface area contributed by atoms with E-state index in [1.165, 1.54) is 6.42 Å². The largest absolute Gasteiger partial charge is 0.345 e. The van der Waals surface area contributed by atoms with E-state index in [-0.39, 0.29) is 5.91 Å². The Morgan fingerprint density at radius 2 is 2.06 bits per heavy atom. The minimum atomic E-state index is -0.0323. The molecule has 1 fully saturated rings. The lowest BCUT2D eigenvalue weighted by atomic mass is 10.2. The molecule has 1 aromatic rings. The predicted octanol–water partition coefficient (Wildman–Crippen LogP) is 1.92. The van der Waals surface area contributed by atoms with E-state index < -0.39 is 0 Å². The Morgan fingerprint density at radius 3 is 2.62 bits per heavy atom. The summed E-state index contributed by atoms with van der Waals surface area (Å²) in [6, 6.07) is 1.83. The molecule has 0 spiro atoms. The molecule has 0 aromatic carbocycles. The molecule has 1 N–H and O–H groups in total. The topological polar surface area (TPSA) is 37.3 Å². The number of piperidine rings is 1. The number of nitrogens with one attached hydrogen (secondary N) is 1. The van der Waals surface area contributed by atoms with E-state index in [0.29, 0.717) is 5.69 Å². The van der Waals surface area contributed by atoms with E-state index in [9.17, 15) is 4.79 Å². The summed E-state index contributed by atoms with van der Waals surface area (Å²) in [6.07, 6.45) is 5.47. The number of hydrogen-bond donors (Lipinski definition) is 1. The zero-order chi connectivity index (χ0) is 11.5. The highest BCUT2D eigenvalue weighted by Crippen LogP contribution is 2.14. The fourth-order valence-corrected chi connectivity index (χ4v) is 2.48. The van der Waals surface area contributed by atoms with Gasteiger partial charge in [0.1, 0.15) is 5.69 Å². The lowest BCUT2D eigenvalue weighted by Crippen LogP contribution is -2.45. The van der Waals surface area contributed by atoms with Crippen LogP contribution in [0.2, 0.25) is 0 Å². The number of carbonyl (C=O) groups is 1. The molecule has 1 aliphatic rings. The molecule has 4 nitrogen and oxygen atoms in total. The number of hydrazine groups is 1. The van der Waals surface area contributed by atoms with Gasteiger partial charge < -0.3 is 4.57 Å². The summed E-state index contributed by atoms with van der Waals surface area (Å²) < 4.78 is 2.75. The van der Waals surface area contributed by atoms with Crippen LogP contribution in [0.15, 0.2) is 16.7 Å². The van der Waals surface area contributed by atoms with Gasteiger partial charge in [0.05, 0.1) is 0 Å². The molecule has 0 unspecified atom stereocenters. The number of amides is 1. The number of aromatic nitrogens is 1. The number of halogens is 1. The van der Waals surface area contributed by atoms with Crippen molar-refractivity contribution in [2.45, 2.75) is 19.3 Å². The molecule has 88 valence electrons. The summed E-state index contributed by atoms with van der Waals surface area (Å²) in [6.45, 7) is 1.91. The van der Waals surface area contributed by atoms with Crippen LogP contribution in [0.4, 0.5) is 0 Å². The highest BCUT2D eigenvalue weighted by Gasteiger charge is 2.16. The van der Waals surface area contributed by atoms with Crippen molar-refractivity contribution in [1.29, 1.82) is 0 Å². The van der Waals surface area contributed by atoms with E-state index in [1.54, 1.807) is 0 Å². The molecule has 0 radical (unpaired) electrons. The maximum Gasteiger partial charge on any atom is 0.282 e. The van der Waals surface area contributed by atoms with Crippen molar-refractivity contribution in [2.24, 2.45) is 7.05 Å². The number of nitrogens with zero attached hydrogens (tertiary/aromatic N) is 2. The summed E-state index contributed by atoms with van der Waals surface area (Å²) in [5.41, 5.74) is 3.62. The molecule has 2 heterocycles. The molecule has 16 heavy (non-hydrogen) atoms. The molecule has 1 aromatic heterocycles. The average Bonchev–Trinajstić information content (AvgIpc) is 2.59. The second-order valence-electron chi connectivity index (χ2n) is 4.14. The first-order chi connectivity index (χ1) is 7.66. The van der Waals surface area contributed by atoms with Crippen LogP contribution in [0.3, 0.4) is 0 Å². The quantitative estimate of drug-likeness (QED) is 0.902. The summed E-state index contributed by atoms with van der Waals surface area (Å²) in [5.74, 6) is -0.0323. The first-order valence-corrected chi connectivity index (χ1v) is 6.34. The normalized spacial score (nSPS) is 17.4. The van der Waals surface area contributed by atoms with Gasteiger partial charge in [0, 0.05) is 30.8 Å². The van der Waals surface area contributed by atoms with Gasteiger partial charge in [-0.15, -0.1) is 0 Å². The lowest BCUT2D eigenvalue weighted by Gasteiger charge is -2.26. The maximum atomic E-state index is 12.0. The third-order valence-corrected chi connectivity index (χ3v) is 3.25. The number of carbonyl (C=O) groups excluding carboxylic acids is 1. The van der Waals surface area contributed by atoms with E-state index in [0.717, 1.165) is 30.4 Å². The van der Waals surface area contributed by atoms with Crippen molar-refractivity contribution >= 4 is 21.8 Å². The summed E-state index contributed by atoms with van der Waals surface area (Å²) in [5, 5.41) is 2.01. The number of aryl methyl sites for hydroxylation is 1. The van der Waals surface area contributed by atoms with Crippen LogP contribution < -0.4 is 5.43 Å². The van der Waals surface area contributed by atoms with Gasteiger partial charge in [0.2, 0.25) is 0 Å². The zero-order valence-electron chi connectivity index (χ0n) is 9.37. The lowest BCUT2D eigenvalue weighted by molar-refractivity contribution is 0.0741. The summed E-state index contributed by atoms with van der Waals surface area (Å²) in [4.78, 5) is 12.0. The van der Waals surface area contributed by atoms with Gasteiger partial charge in [-0.05, 0) is 34.8 Å². The second-order valence-corrected chi connectivity index (χ2v) is 5.06. The number of hydrogen-bond acceptors (Lipinski definition) is 2. The van der Waals surface area contributed by atoms with Gasteiger partial charge in [-0.1, -0.05) is 6.42 Å². The molecular formula is C11H16BrN3O.